The van der Waals surface area contributed by atoms with Crippen LogP contribution in [0, 0.1) is 0 Å². The van der Waals surface area contributed by atoms with Gasteiger partial charge >= 0.3 is 10.8 Å². The second-order valence-corrected chi connectivity index (χ2v) is 4.91. The van der Waals surface area contributed by atoms with Gasteiger partial charge in [-0.1, -0.05) is 11.3 Å². The van der Waals surface area contributed by atoms with Crippen LogP contribution in [0.4, 0.5) is 0 Å². The first-order valence-electron chi connectivity index (χ1n) is 4.14. The number of hydrogen-bond acceptors (Lipinski definition) is 4. The number of H-pyrrole nitrogens is 1. The molecule has 0 atom stereocenters. The molecule has 2 aromatic rings. The smallest absolute Gasteiger partial charge is 0.308 e. The summed E-state index contributed by atoms with van der Waals surface area (Å²) in [5.41, 5.74) is 0.756. The van der Waals surface area contributed by atoms with Gasteiger partial charge in [0, 0.05) is 10.3 Å². The summed E-state index contributed by atoms with van der Waals surface area (Å²) in [6.07, 6.45) is 0.0268. The number of nitrogens with one attached hydrogen (secondary N) is 1. The SMILES string of the molecule is O=C(O)Cc1ccc(-c2csc(=O)[nH]2)s1. The molecule has 0 radical (unpaired) electrons. The highest BCUT2D eigenvalue weighted by molar-refractivity contribution is 7.16. The van der Waals surface area contributed by atoms with Crippen molar-refractivity contribution >= 4 is 28.6 Å². The average molecular weight is 241 g/mol. The topological polar surface area (TPSA) is 70.2 Å². The Hall–Kier alpha value is -1.40. The number of aromatic amines is 1. The van der Waals surface area contributed by atoms with Gasteiger partial charge in [-0.15, -0.1) is 11.3 Å². The first kappa shape index (κ1) is 10.1. The van der Waals surface area contributed by atoms with E-state index in [2.05, 4.69) is 4.98 Å². The van der Waals surface area contributed by atoms with Gasteiger partial charge in [0.15, 0.2) is 0 Å². The van der Waals surface area contributed by atoms with Crippen LogP contribution in [0.15, 0.2) is 22.3 Å². The van der Waals surface area contributed by atoms with Gasteiger partial charge in [0.2, 0.25) is 0 Å². The zero-order valence-corrected chi connectivity index (χ0v) is 9.15. The summed E-state index contributed by atoms with van der Waals surface area (Å²) >= 11 is 2.48. The molecular weight excluding hydrogens is 234 g/mol. The minimum atomic E-state index is -0.845. The fourth-order valence-electron chi connectivity index (χ4n) is 1.17. The second-order valence-electron chi connectivity index (χ2n) is 2.90. The summed E-state index contributed by atoms with van der Waals surface area (Å²) in [4.78, 5) is 25.7. The minimum absolute atomic E-state index is 0.0268. The normalized spacial score (nSPS) is 10.4. The van der Waals surface area contributed by atoms with Gasteiger partial charge < -0.3 is 10.1 Å². The van der Waals surface area contributed by atoms with Crippen LogP contribution >= 0.6 is 22.7 Å². The van der Waals surface area contributed by atoms with Crippen molar-refractivity contribution in [3.8, 4) is 10.6 Å². The number of thiazole rings is 1. The molecule has 0 unspecified atom stereocenters. The van der Waals surface area contributed by atoms with Crippen LogP contribution in [0.25, 0.3) is 10.6 Å². The number of aromatic nitrogens is 1. The molecule has 0 saturated carbocycles. The van der Waals surface area contributed by atoms with Crippen molar-refractivity contribution in [2.45, 2.75) is 6.42 Å². The first-order chi connectivity index (χ1) is 7.15. The van der Waals surface area contributed by atoms with Gasteiger partial charge in [0.1, 0.15) is 0 Å². The second kappa shape index (κ2) is 4.00. The van der Waals surface area contributed by atoms with Crippen molar-refractivity contribution in [3.05, 3.63) is 32.1 Å². The molecule has 0 aliphatic carbocycles. The molecule has 0 bridgehead atoms. The van der Waals surface area contributed by atoms with E-state index in [0.717, 1.165) is 26.8 Å². The van der Waals surface area contributed by atoms with Gasteiger partial charge in [-0.05, 0) is 12.1 Å². The maximum atomic E-state index is 10.9. The van der Waals surface area contributed by atoms with Gasteiger partial charge in [-0.3, -0.25) is 9.59 Å². The molecule has 0 spiro atoms. The lowest BCUT2D eigenvalue weighted by molar-refractivity contribution is -0.136. The Kier molecular flexibility index (Phi) is 2.70. The summed E-state index contributed by atoms with van der Waals surface area (Å²) in [5, 5.41) is 10.3. The molecule has 6 heteroatoms. The van der Waals surface area contributed by atoms with Gasteiger partial charge in [0.05, 0.1) is 17.0 Å². The molecule has 0 aromatic carbocycles. The van der Waals surface area contributed by atoms with E-state index in [0.29, 0.717) is 0 Å². The highest BCUT2D eigenvalue weighted by atomic mass is 32.1. The lowest BCUT2D eigenvalue weighted by Gasteiger charge is -1.89. The lowest BCUT2D eigenvalue weighted by atomic mass is 10.3. The standard InChI is InChI=1S/C9H7NO3S2/c11-8(12)3-5-1-2-7(15-5)6-4-14-9(13)10-6/h1-2,4H,3H2,(H,10,13)(H,11,12). The van der Waals surface area contributed by atoms with Crippen molar-refractivity contribution in [2.24, 2.45) is 0 Å². The van der Waals surface area contributed by atoms with Crippen LogP contribution in [0.1, 0.15) is 4.88 Å². The van der Waals surface area contributed by atoms with Gasteiger partial charge in [-0.2, -0.15) is 0 Å². The maximum Gasteiger partial charge on any atom is 0.308 e. The van der Waals surface area contributed by atoms with Crippen LogP contribution in [-0.4, -0.2) is 16.1 Å². The van der Waals surface area contributed by atoms with Gasteiger partial charge in [0.25, 0.3) is 0 Å². The number of rotatable bonds is 3. The van der Waals surface area contributed by atoms with Gasteiger partial charge in [-0.25, -0.2) is 0 Å². The zero-order valence-electron chi connectivity index (χ0n) is 7.52. The molecule has 0 aliphatic rings. The van der Waals surface area contributed by atoms with Crippen molar-refractivity contribution in [2.75, 3.05) is 0 Å². The third kappa shape index (κ3) is 2.34. The third-order valence-corrected chi connectivity index (χ3v) is 3.56. The monoisotopic (exact) mass is 241 g/mol. The summed E-state index contributed by atoms with van der Waals surface area (Å²) in [6.45, 7) is 0. The summed E-state index contributed by atoms with van der Waals surface area (Å²) in [7, 11) is 0. The van der Waals surface area contributed by atoms with Crippen LogP contribution in [0.5, 0.6) is 0 Å². The summed E-state index contributed by atoms with van der Waals surface area (Å²) in [5.74, 6) is -0.845. The van der Waals surface area contributed by atoms with Crippen LogP contribution in [-0.2, 0) is 11.2 Å². The maximum absolute atomic E-state index is 10.9. The number of carboxylic acids is 1. The molecule has 78 valence electrons. The van der Waals surface area contributed by atoms with E-state index in [9.17, 15) is 9.59 Å². The zero-order chi connectivity index (χ0) is 10.8. The van der Waals surface area contributed by atoms with E-state index >= 15 is 0 Å². The molecule has 2 heterocycles. The summed E-state index contributed by atoms with van der Waals surface area (Å²) in [6, 6.07) is 3.59. The van der Waals surface area contributed by atoms with Crippen molar-refractivity contribution in [3.63, 3.8) is 0 Å². The number of carbonyl (C=O) groups is 1. The third-order valence-electron chi connectivity index (χ3n) is 1.77. The molecule has 0 saturated heterocycles. The predicted molar refractivity (Wildman–Crippen MR) is 59.6 cm³/mol. The quantitative estimate of drug-likeness (QED) is 0.860. The van der Waals surface area contributed by atoms with E-state index in [1.807, 2.05) is 6.07 Å². The molecular formula is C9H7NO3S2. The molecule has 2 rings (SSSR count). The number of thiophene rings is 1. The Labute approximate surface area is 92.8 Å². The van der Waals surface area contributed by atoms with E-state index in [1.54, 1.807) is 11.4 Å². The molecule has 0 amide bonds. The van der Waals surface area contributed by atoms with E-state index < -0.39 is 5.97 Å². The Bertz CT molecular complexity index is 537. The molecule has 2 N–H and O–H groups in total. The fraction of sp³-hybridized carbons (Fsp3) is 0.111. The van der Waals surface area contributed by atoms with Crippen LogP contribution < -0.4 is 4.87 Å². The Morgan fingerprint density at radius 3 is 2.87 bits per heavy atom. The molecule has 15 heavy (non-hydrogen) atoms. The Morgan fingerprint density at radius 1 is 1.47 bits per heavy atom. The average Bonchev–Trinajstić information content (AvgIpc) is 2.72. The Morgan fingerprint density at radius 2 is 2.27 bits per heavy atom. The highest BCUT2D eigenvalue weighted by Gasteiger charge is 2.07. The van der Waals surface area contributed by atoms with Crippen LogP contribution in [0.2, 0.25) is 0 Å². The minimum Gasteiger partial charge on any atom is -0.481 e. The number of carboxylic acid groups (broad SMARTS) is 1. The summed E-state index contributed by atoms with van der Waals surface area (Å²) < 4.78 is 0. The highest BCUT2D eigenvalue weighted by Crippen LogP contribution is 2.26. The number of aliphatic carboxylic acids is 1. The molecule has 0 fully saturated rings. The fourth-order valence-corrected chi connectivity index (χ4v) is 2.79. The lowest BCUT2D eigenvalue weighted by Crippen LogP contribution is -1.96. The van der Waals surface area contributed by atoms with E-state index in [1.165, 1.54) is 11.3 Å². The molecule has 0 aliphatic heterocycles. The first-order valence-corrected chi connectivity index (χ1v) is 5.83. The number of hydrogen-bond donors (Lipinski definition) is 2. The molecule has 2 aromatic heterocycles. The Balaban J connectivity index is 2.27. The predicted octanol–water partition coefficient (Wildman–Crippen LogP) is 1.79. The molecule has 4 nitrogen and oxygen atoms in total. The van der Waals surface area contributed by atoms with E-state index in [-0.39, 0.29) is 11.3 Å². The van der Waals surface area contributed by atoms with Crippen molar-refractivity contribution < 1.29 is 9.90 Å². The van der Waals surface area contributed by atoms with Crippen molar-refractivity contribution in [1.82, 2.24) is 4.98 Å². The van der Waals surface area contributed by atoms with E-state index in [4.69, 9.17) is 5.11 Å². The largest absolute Gasteiger partial charge is 0.481 e. The van der Waals surface area contributed by atoms with Crippen molar-refractivity contribution in [1.29, 1.82) is 0 Å². The van der Waals surface area contributed by atoms with Crippen LogP contribution in [0.3, 0.4) is 0 Å².